The molecule has 2 aromatic rings. The molecule has 0 spiro atoms. The zero-order chi connectivity index (χ0) is 14.0. The lowest BCUT2D eigenvalue weighted by Gasteiger charge is -2.08. The third-order valence-corrected chi connectivity index (χ3v) is 3.43. The molecule has 104 valence electrons. The van der Waals surface area contributed by atoms with E-state index in [4.69, 9.17) is 4.18 Å². The molecule has 0 aliphatic carbocycles. The van der Waals surface area contributed by atoms with Crippen LogP contribution in [0.15, 0.2) is 24.4 Å². The van der Waals surface area contributed by atoms with Gasteiger partial charge in [-0.25, -0.2) is 0 Å². The Bertz CT molecular complexity index is 674. The Balaban J connectivity index is 2.18. The second-order valence-corrected chi connectivity index (χ2v) is 6.50. The summed E-state index contributed by atoms with van der Waals surface area (Å²) < 4.78 is 28.5. The molecule has 0 atom stereocenters. The average molecular weight is 282 g/mol. The molecule has 19 heavy (non-hydrogen) atoms. The van der Waals surface area contributed by atoms with Crippen LogP contribution in [0, 0.1) is 0 Å². The first-order chi connectivity index (χ1) is 8.87. The van der Waals surface area contributed by atoms with E-state index in [1.165, 1.54) is 0 Å². The molecule has 0 aliphatic heterocycles. The van der Waals surface area contributed by atoms with E-state index in [0.717, 1.165) is 22.7 Å². The predicted octanol–water partition coefficient (Wildman–Crippen LogP) is 2.14. The Morgan fingerprint density at radius 1 is 1.37 bits per heavy atom. The predicted molar refractivity (Wildman–Crippen MR) is 74.6 cm³/mol. The number of fused-ring (bicyclic) bond motifs is 1. The van der Waals surface area contributed by atoms with Gasteiger partial charge in [0.15, 0.2) is 0 Å². The zero-order valence-corrected chi connectivity index (χ0v) is 12.1. The highest BCUT2D eigenvalue weighted by molar-refractivity contribution is 7.85. The number of hydrogen-bond donors (Lipinski definition) is 0. The Morgan fingerprint density at radius 3 is 2.74 bits per heavy atom. The van der Waals surface area contributed by atoms with Crippen LogP contribution in [0.2, 0.25) is 0 Å². The lowest BCUT2D eigenvalue weighted by Crippen LogP contribution is -2.06. The third-order valence-electron chi connectivity index (χ3n) is 2.84. The van der Waals surface area contributed by atoms with Gasteiger partial charge < -0.3 is 0 Å². The molecule has 0 saturated heterocycles. The van der Waals surface area contributed by atoms with Gasteiger partial charge in [-0.05, 0) is 31.9 Å². The van der Waals surface area contributed by atoms with Gasteiger partial charge in [0.25, 0.3) is 10.1 Å². The minimum atomic E-state index is -3.37. The van der Waals surface area contributed by atoms with E-state index in [0.29, 0.717) is 12.5 Å². The topological polar surface area (TPSA) is 61.2 Å². The summed E-state index contributed by atoms with van der Waals surface area (Å²) in [6.45, 7) is 4.32. The number of hydrogen-bond acceptors (Lipinski definition) is 4. The summed E-state index contributed by atoms with van der Waals surface area (Å²) in [6.07, 6.45) is 3.46. The normalized spacial score (nSPS) is 12.4. The molecule has 0 unspecified atom stereocenters. The maximum absolute atomic E-state index is 10.9. The highest BCUT2D eigenvalue weighted by Crippen LogP contribution is 2.19. The molecule has 1 aromatic carbocycles. The van der Waals surface area contributed by atoms with Gasteiger partial charge in [0.05, 0.1) is 24.6 Å². The van der Waals surface area contributed by atoms with Crippen molar-refractivity contribution in [2.24, 2.45) is 0 Å². The van der Waals surface area contributed by atoms with Crippen LogP contribution in [0.5, 0.6) is 0 Å². The van der Waals surface area contributed by atoms with Gasteiger partial charge in [-0.15, -0.1) is 0 Å². The SMILES string of the molecule is CC(C)n1ncc2ccc(CCOS(C)(=O)=O)cc21. The number of nitrogens with zero attached hydrogens (tertiary/aromatic N) is 2. The van der Waals surface area contributed by atoms with Gasteiger partial charge in [0, 0.05) is 11.4 Å². The highest BCUT2D eigenvalue weighted by Gasteiger charge is 2.07. The Kier molecular flexibility index (Phi) is 3.91. The summed E-state index contributed by atoms with van der Waals surface area (Å²) in [7, 11) is -3.37. The molecule has 0 amide bonds. The first-order valence-corrected chi connectivity index (χ1v) is 7.99. The summed E-state index contributed by atoms with van der Waals surface area (Å²) >= 11 is 0. The minimum Gasteiger partial charge on any atom is -0.270 e. The molecule has 1 aromatic heterocycles. The van der Waals surface area contributed by atoms with Crippen molar-refractivity contribution in [3.8, 4) is 0 Å². The van der Waals surface area contributed by atoms with Crippen molar-refractivity contribution in [3.63, 3.8) is 0 Å². The number of aromatic nitrogens is 2. The van der Waals surface area contributed by atoms with Crippen LogP contribution in [-0.4, -0.2) is 31.1 Å². The fourth-order valence-corrected chi connectivity index (χ4v) is 2.35. The molecule has 2 rings (SSSR count). The van der Waals surface area contributed by atoms with Crippen LogP contribution in [0.4, 0.5) is 0 Å². The van der Waals surface area contributed by atoms with Crippen molar-refractivity contribution in [3.05, 3.63) is 30.0 Å². The fraction of sp³-hybridized carbons (Fsp3) is 0.462. The number of benzene rings is 1. The maximum Gasteiger partial charge on any atom is 0.264 e. The molecule has 0 aliphatic rings. The van der Waals surface area contributed by atoms with Crippen molar-refractivity contribution >= 4 is 21.0 Å². The second-order valence-electron chi connectivity index (χ2n) is 4.85. The lowest BCUT2D eigenvalue weighted by atomic mass is 10.1. The molecule has 0 N–H and O–H groups in total. The van der Waals surface area contributed by atoms with Gasteiger partial charge in [-0.1, -0.05) is 12.1 Å². The van der Waals surface area contributed by atoms with E-state index in [1.54, 1.807) is 0 Å². The molecule has 1 heterocycles. The maximum atomic E-state index is 10.9. The molecular formula is C13H18N2O3S. The number of rotatable bonds is 5. The van der Waals surface area contributed by atoms with E-state index in [-0.39, 0.29) is 6.61 Å². The Labute approximate surface area is 113 Å². The monoisotopic (exact) mass is 282 g/mol. The molecular weight excluding hydrogens is 264 g/mol. The summed E-state index contributed by atoms with van der Waals surface area (Å²) in [4.78, 5) is 0. The largest absolute Gasteiger partial charge is 0.270 e. The van der Waals surface area contributed by atoms with Crippen molar-refractivity contribution in [2.75, 3.05) is 12.9 Å². The van der Waals surface area contributed by atoms with Crippen LogP contribution in [0.1, 0.15) is 25.5 Å². The lowest BCUT2D eigenvalue weighted by molar-refractivity contribution is 0.326. The van der Waals surface area contributed by atoms with Gasteiger partial charge in [0.2, 0.25) is 0 Å². The molecule has 6 heteroatoms. The van der Waals surface area contributed by atoms with E-state index >= 15 is 0 Å². The van der Waals surface area contributed by atoms with Crippen LogP contribution in [0.25, 0.3) is 10.9 Å². The first kappa shape index (κ1) is 14.0. The van der Waals surface area contributed by atoms with Gasteiger partial charge >= 0.3 is 0 Å². The van der Waals surface area contributed by atoms with E-state index in [2.05, 4.69) is 18.9 Å². The molecule has 5 nitrogen and oxygen atoms in total. The average Bonchev–Trinajstić information content (AvgIpc) is 2.70. The first-order valence-electron chi connectivity index (χ1n) is 6.17. The minimum absolute atomic E-state index is 0.167. The summed E-state index contributed by atoms with van der Waals surface area (Å²) in [5.74, 6) is 0. The van der Waals surface area contributed by atoms with Gasteiger partial charge in [-0.2, -0.15) is 13.5 Å². The third kappa shape index (κ3) is 3.54. The van der Waals surface area contributed by atoms with Crippen molar-refractivity contribution < 1.29 is 12.6 Å². The van der Waals surface area contributed by atoms with Crippen LogP contribution in [0.3, 0.4) is 0 Å². The standard InChI is InChI=1S/C13H18N2O3S/c1-10(2)15-13-8-11(4-5-12(13)9-14-15)6-7-18-19(3,16)17/h4-5,8-10H,6-7H2,1-3H3. The van der Waals surface area contributed by atoms with Crippen molar-refractivity contribution in [1.29, 1.82) is 0 Å². The smallest absolute Gasteiger partial charge is 0.264 e. The second kappa shape index (κ2) is 5.30. The fourth-order valence-electron chi connectivity index (χ4n) is 1.96. The van der Waals surface area contributed by atoms with E-state index in [1.807, 2.05) is 29.1 Å². The van der Waals surface area contributed by atoms with Crippen LogP contribution in [-0.2, 0) is 20.7 Å². The van der Waals surface area contributed by atoms with Crippen LogP contribution < -0.4 is 0 Å². The Morgan fingerprint density at radius 2 is 2.11 bits per heavy atom. The highest BCUT2D eigenvalue weighted by atomic mass is 32.2. The van der Waals surface area contributed by atoms with E-state index < -0.39 is 10.1 Å². The zero-order valence-electron chi connectivity index (χ0n) is 11.3. The van der Waals surface area contributed by atoms with E-state index in [9.17, 15) is 8.42 Å². The van der Waals surface area contributed by atoms with Crippen LogP contribution >= 0.6 is 0 Å². The molecule has 0 bridgehead atoms. The quantitative estimate of drug-likeness (QED) is 0.788. The molecule has 0 radical (unpaired) electrons. The molecule has 0 fully saturated rings. The Hall–Kier alpha value is -1.40. The van der Waals surface area contributed by atoms with Crippen molar-refractivity contribution in [1.82, 2.24) is 9.78 Å². The summed E-state index contributed by atoms with van der Waals surface area (Å²) in [5.41, 5.74) is 2.10. The summed E-state index contributed by atoms with van der Waals surface area (Å²) in [5, 5.41) is 5.43. The van der Waals surface area contributed by atoms with Gasteiger partial charge in [-0.3, -0.25) is 8.86 Å². The van der Waals surface area contributed by atoms with Gasteiger partial charge in [0.1, 0.15) is 0 Å². The van der Waals surface area contributed by atoms with Crippen molar-refractivity contribution in [2.45, 2.75) is 26.3 Å². The molecule has 0 saturated carbocycles. The summed E-state index contributed by atoms with van der Waals surface area (Å²) in [6, 6.07) is 6.30.